The van der Waals surface area contributed by atoms with Crippen LogP contribution in [0, 0.1) is 12.7 Å². The van der Waals surface area contributed by atoms with E-state index in [0.29, 0.717) is 30.8 Å². The largest absolute Gasteiger partial charge is 0.478 e. The van der Waals surface area contributed by atoms with Crippen LogP contribution in [0.5, 0.6) is 0 Å². The van der Waals surface area contributed by atoms with Gasteiger partial charge in [-0.2, -0.15) is 0 Å². The van der Waals surface area contributed by atoms with Crippen LogP contribution in [-0.2, 0) is 13.0 Å². The van der Waals surface area contributed by atoms with Crippen LogP contribution in [0.1, 0.15) is 27.2 Å². The summed E-state index contributed by atoms with van der Waals surface area (Å²) in [7, 11) is 0. The standard InChI is InChI=1S/C15H14FN3O2/c1-9-13(16)14(18-8-17-9)19-6-5-11-10(7-19)3-2-4-12(11)15(20)21/h2-4,8H,5-7H2,1H3,(H,20,21). The summed E-state index contributed by atoms with van der Waals surface area (Å²) in [6.45, 7) is 2.58. The maximum Gasteiger partial charge on any atom is 0.335 e. The summed E-state index contributed by atoms with van der Waals surface area (Å²) >= 11 is 0. The number of hydrogen-bond donors (Lipinski definition) is 1. The highest BCUT2D eigenvalue weighted by Gasteiger charge is 2.24. The molecule has 1 N–H and O–H groups in total. The zero-order valence-corrected chi connectivity index (χ0v) is 11.5. The SMILES string of the molecule is Cc1ncnc(N2CCc3c(cccc3C(=O)O)C2)c1F. The molecule has 0 radical (unpaired) electrons. The van der Waals surface area contributed by atoms with Crippen molar-refractivity contribution >= 4 is 11.8 Å². The number of halogens is 1. The lowest BCUT2D eigenvalue weighted by molar-refractivity contribution is 0.0695. The number of carboxylic acid groups (broad SMARTS) is 1. The second-order valence-corrected chi connectivity index (χ2v) is 5.02. The third-order valence-electron chi connectivity index (χ3n) is 3.74. The van der Waals surface area contributed by atoms with Gasteiger partial charge in [0.1, 0.15) is 6.33 Å². The van der Waals surface area contributed by atoms with Gasteiger partial charge in [-0.1, -0.05) is 12.1 Å². The number of aromatic carboxylic acids is 1. The lowest BCUT2D eigenvalue weighted by atomic mass is 9.94. The van der Waals surface area contributed by atoms with Crippen LogP contribution >= 0.6 is 0 Å². The van der Waals surface area contributed by atoms with Crippen LogP contribution in [0.15, 0.2) is 24.5 Å². The van der Waals surface area contributed by atoms with Crippen molar-refractivity contribution in [1.29, 1.82) is 0 Å². The molecule has 1 aromatic heterocycles. The van der Waals surface area contributed by atoms with Gasteiger partial charge in [-0.05, 0) is 30.5 Å². The number of nitrogens with zero attached hydrogens (tertiary/aromatic N) is 3. The molecule has 2 heterocycles. The van der Waals surface area contributed by atoms with E-state index < -0.39 is 11.8 Å². The molecule has 0 unspecified atom stereocenters. The van der Waals surface area contributed by atoms with Gasteiger partial charge in [-0.25, -0.2) is 19.2 Å². The number of aryl methyl sites for hydroxylation is 1. The molecule has 3 rings (SSSR count). The zero-order chi connectivity index (χ0) is 15.0. The van der Waals surface area contributed by atoms with E-state index in [2.05, 4.69) is 9.97 Å². The number of fused-ring (bicyclic) bond motifs is 1. The predicted molar refractivity (Wildman–Crippen MR) is 74.9 cm³/mol. The van der Waals surface area contributed by atoms with Gasteiger partial charge < -0.3 is 10.0 Å². The summed E-state index contributed by atoms with van der Waals surface area (Å²) in [6.07, 6.45) is 1.90. The zero-order valence-electron chi connectivity index (χ0n) is 11.5. The average Bonchev–Trinajstić information content (AvgIpc) is 2.48. The number of carboxylic acids is 1. The molecule has 5 nitrogen and oxygen atoms in total. The molecule has 0 saturated carbocycles. The van der Waals surface area contributed by atoms with Crippen LogP contribution < -0.4 is 4.90 Å². The van der Waals surface area contributed by atoms with Crippen molar-refractivity contribution in [2.24, 2.45) is 0 Å². The second kappa shape index (κ2) is 5.12. The van der Waals surface area contributed by atoms with E-state index >= 15 is 0 Å². The average molecular weight is 287 g/mol. The van der Waals surface area contributed by atoms with Gasteiger partial charge >= 0.3 is 5.97 Å². The Bertz CT molecular complexity index is 718. The van der Waals surface area contributed by atoms with Crippen LogP contribution in [0.4, 0.5) is 10.2 Å². The van der Waals surface area contributed by atoms with E-state index in [-0.39, 0.29) is 5.82 Å². The highest BCUT2D eigenvalue weighted by Crippen LogP contribution is 2.27. The monoisotopic (exact) mass is 287 g/mol. The maximum atomic E-state index is 14.1. The molecule has 6 heteroatoms. The first-order chi connectivity index (χ1) is 10.1. The molecular weight excluding hydrogens is 273 g/mol. The molecule has 108 valence electrons. The van der Waals surface area contributed by atoms with Crippen molar-refractivity contribution in [3.05, 3.63) is 52.7 Å². The smallest absolute Gasteiger partial charge is 0.335 e. The molecule has 1 aliphatic rings. The molecule has 0 saturated heterocycles. The van der Waals surface area contributed by atoms with Crippen LogP contribution in [0.25, 0.3) is 0 Å². The van der Waals surface area contributed by atoms with Gasteiger partial charge in [0.25, 0.3) is 0 Å². The number of anilines is 1. The maximum absolute atomic E-state index is 14.1. The normalized spacial score (nSPS) is 13.9. The molecule has 2 aromatic rings. The Labute approximate surface area is 121 Å². The molecule has 0 amide bonds. The number of hydrogen-bond acceptors (Lipinski definition) is 4. The number of rotatable bonds is 2. The lowest BCUT2D eigenvalue weighted by Gasteiger charge is -2.30. The fourth-order valence-corrected chi connectivity index (χ4v) is 2.66. The Morgan fingerprint density at radius 1 is 1.38 bits per heavy atom. The molecule has 1 aromatic carbocycles. The summed E-state index contributed by atoms with van der Waals surface area (Å²) in [6, 6.07) is 5.19. The van der Waals surface area contributed by atoms with Crippen molar-refractivity contribution in [1.82, 2.24) is 9.97 Å². The first kappa shape index (κ1) is 13.5. The first-order valence-corrected chi connectivity index (χ1v) is 6.64. The van der Waals surface area contributed by atoms with Gasteiger partial charge in [0.2, 0.25) is 0 Å². The van der Waals surface area contributed by atoms with Gasteiger partial charge in [0.05, 0.1) is 11.3 Å². The molecular formula is C15H14FN3O2. The van der Waals surface area contributed by atoms with Crippen LogP contribution in [0.2, 0.25) is 0 Å². The molecule has 0 spiro atoms. The molecule has 21 heavy (non-hydrogen) atoms. The van der Waals surface area contributed by atoms with Gasteiger partial charge in [-0.15, -0.1) is 0 Å². The first-order valence-electron chi connectivity index (χ1n) is 6.64. The van der Waals surface area contributed by atoms with Gasteiger partial charge in [0, 0.05) is 13.1 Å². The number of carbonyl (C=O) groups is 1. The minimum Gasteiger partial charge on any atom is -0.478 e. The summed E-state index contributed by atoms with van der Waals surface area (Å²) < 4.78 is 14.1. The third kappa shape index (κ3) is 2.33. The predicted octanol–water partition coefficient (Wildman–Crippen LogP) is 2.19. The summed E-state index contributed by atoms with van der Waals surface area (Å²) in [5, 5.41) is 9.21. The van der Waals surface area contributed by atoms with Crippen molar-refractivity contribution in [2.45, 2.75) is 19.9 Å². The summed E-state index contributed by atoms with van der Waals surface area (Å²) in [4.78, 5) is 20.9. The Morgan fingerprint density at radius 2 is 2.19 bits per heavy atom. The third-order valence-corrected chi connectivity index (χ3v) is 3.74. The quantitative estimate of drug-likeness (QED) is 0.917. The fourth-order valence-electron chi connectivity index (χ4n) is 2.66. The van der Waals surface area contributed by atoms with E-state index in [0.717, 1.165) is 11.1 Å². The van der Waals surface area contributed by atoms with Crippen LogP contribution in [0.3, 0.4) is 0 Å². The molecule has 0 atom stereocenters. The van der Waals surface area contributed by atoms with E-state index in [1.54, 1.807) is 19.1 Å². The Balaban J connectivity index is 1.97. The van der Waals surface area contributed by atoms with Crippen molar-refractivity contribution in [2.75, 3.05) is 11.4 Å². The number of aromatic nitrogens is 2. The Hall–Kier alpha value is -2.50. The number of benzene rings is 1. The highest BCUT2D eigenvalue weighted by atomic mass is 19.1. The van der Waals surface area contributed by atoms with Crippen molar-refractivity contribution in [3.8, 4) is 0 Å². The van der Waals surface area contributed by atoms with E-state index in [1.807, 2.05) is 11.0 Å². The summed E-state index contributed by atoms with van der Waals surface area (Å²) in [5.41, 5.74) is 2.36. The Morgan fingerprint density at radius 3 is 2.95 bits per heavy atom. The molecule has 0 bridgehead atoms. The van der Waals surface area contributed by atoms with Crippen LogP contribution in [-0.4, -0.2) is 27.6 Å². The highest BCUT2D eigenvalue weighted by molar-refractivity contribution is 5.90. The minimum atomic E-state index is -0.927. The summed E-state index contributed by atoms with van der Waals surface area (Å²) in [5.74, 6) is -1.08. The molecule has 0 aliphatic carbocycles. The van der Waals surface area contributed by atoms with E-state index in [1.165, 1.54) is 6.33 Å². The second-order valence-electron chi connectivity index (χ2n) is 5.02. The van der Waals surface area contributed by atoms with Gasteiger partial charge in [-0.3, -0.25) is 0 Å². The lowest BCUT2D eigenvalue weighted by Crippen LogP contribution is -2.33. The minimum absolute atomic E-state index is 0.272. The van der Waals surface area contributed by atoms with Crippen molar-refractivity contribution in [3.63, 3.8) is 0 Å². The van der Waals surface area contributed by atoms with E-state index in [4.69, 9.17) is 0 Å². The topological polar surface area (TPSA) is 66.3 Å². The van der Waals surface area contributed by atoms with E-state index in [9.17, 15) is 14.3 Å². The van der Waals surface area contributed by atoms with Gasteiger partial charge in [0.15, 0.2) is 11.6 Å². The molecule has 0 fully saturated rings. The Kier molecular flexibility index (Phi) is 3.29. The van der Waals surface area contributed by atoms with Crippen molar-refractivity contribution < 1.29 is 14.3 Å². The fraction of sp³-hybridized carbons (Fsp3) is 0.267. The molecule has 1 aliphatic heterocycles.